The summed E-state index contributed by atoms with van der Waals surface area (Å²) in [6.45, 7) is -1.74. The largest absolute Gasteiger partial charge is 0.472 e. The van der Waals surface area contributed by atoms with Crippen molar-refractivity contribution in [3.05, 3.63) is 33.4 Å². The summed E-state index contributed by atoms with van der Waals surface area (Å²) in [6.07, 6.45) is -10.9. The third-order valence-electron chi connectivity index (χ3n) is 7.38. The summed E-state index contributed by atoms with van der Waals surface area (Å²) >= 11 is 0. The highest BCUT2D eigenvalue weighted by Crippen LogP contribution is 2.53. The molecule has 46 heavy (non-hydrogen) atoms. The van der Waals surface area contributed by atoms with Crippen molar-refractivity contribution in [3.8, 4) is 0 Å². The second-order valence-corrected chi connectivity index (χ2v) is 13.1. The van der Waals surface area contributed by atoms with Crippen molar-refractivity contribution in [1.82, 2.24) is 39.0 Å². The van der Waals surface area contributed by atoms with E-state index in [-0.39, 0.29) is 34.2 Å². The topological polar surface area (TPSA) is 350 Å². The summed E-state index contributed by atoms with van der Waals surface area (Å²) in [5, 5.41) is 22.2. The molecule has 248 valence electrons. The van der Waals surface area contributed by atoms with E-state index in [0.717, 1.165) is 21.8 Å². The van der Waals surface area contributed by atoms with Gasteiger partial charge in [0.05, 0.1) is 25.9 Å². The minimum absolute atomic E-state index is 0.121. The van der Waals surface area contributed by atoms with E-state index >= 15 is 0 Å². The Labute approximate surface area is 253 Å². The van der Waals surface area contributed by atoms with Gasteiger partial charge >= 0.3 is 15.6 Å². The van der Waals surface area contributed by atoms with Crippen LogP contribution in [-0.2, 0) is 36.7 Å². The van der Waals surface area contributed by atoms with Gasteiger partial charge in [0, 0.05) is 0 Å². The fraction of sp³-hybridized carbons (Fsp3) is 0.500. The average molecular weight is 690 g/mol. The van der Waals surface area contributed by atoms with Gasteiger partial charge in [0.2, 0.25) is 11.9 Å². The molecule has 0 aliphatic carbocycles. The van der Waals surface area contributed by atoms with Gasteiger partial charge in [-0.25, -0.2) is 19.1 Å². The monoisotopic (exact) mass is 690 g/mol. The predicted octanol–water partition coefficient (Wildman–Crippen LogP) is -3.05. The Hall–Kier alpha value is -3.64. The van der Waals surface area contributed by atoms with E-state index in [1.54, 1.807) is 0 Å². The summed E-state index contributed by atoms with van der Waals surface area (Å²) < 4.78 is 60.5. The zero-order valence-corrected chi connectivity index (χ0v) is 24.6. The van der Waals surface area contributed by atoms with Crippen LogP contribution in [-0.4, -0.2) is 109 Å². The molecule has 3 aliphatic heterocycles. The standard InChI is InChI=1S/C20H24N10O14P2/c21-19-25-13-7(15(33)27-19)23-3-29(13)17-9(31)11-5(41-17)1-39-45(35,36)44-12-6(2-40-46(37,38)43-11)42-18(10(12)32)30-4-24-8-14(30)26-20(22)28-16(8)34/h3-6,9-12,17-18,31-32H,1-2H2,(H,35,36)(H,37,38)(H3,21,25,27,33)(H3,22,26,28,34)/t5-,6?,9-,10?,11-,12?,17-,18-/m1/s1. The molecule has 10 atom stereocenters. The fourth-order valence-electron chi connectivity index (χ4n) is 5.39. The van der Waals surface area contributed by atoms with Crippen LogP contribution in [0.15, 0.2) is 22.2 Å². The maximum Gasteiger partial charge on any atom is 0.472 e. The van der Waals surface area contributed by atoms with Gasteiger partial charge in [-0.3, -0.25) is 46.8 Å². The number of hydrogen-bond acceptors (Lipinski definition) is 18. The molecule has 3 saturated heterocycles. The van der Waals surface area contributed by atoms with Crippen LogP contribution in [0, 0.1) is 0 Å². The summed E-state index contributed by atoms with van der Waals surface area (Å²) in [7, 11) is -10.2. The molecule has 0 aromatic carbocycles. The molecule has 5 unspecified atom stereocenters. The summed E-state index contributed by atoms with van der Waals surface area (Å²) in [6, 6.07) is 0. The summed E-state index contributed by atoms with van der Waals surface area (Å²) in [5.74, 6) is -0.561. The van der Waals surface area contributed by atoms with Crippen molar-refractivity contribution in [1.29, 1.82) is 0 Å². The highest BCUT2D eigenvalue weighted by Gasteiger charge is 2.54. The first kappa shape index (κ1) is 31.0. The molecular weight excluding hydrogens is 666 g/mol. The highest BCUT2D eigenvalue weighted by molar-refractivity contribution is 7.47. The van der Waals surface area contributed by atoms with Crippen LogP contribution >= 0.6 is 15.6 Å². The second-order valence-electron chi connectivity index (χ2n) is 10.3. The number of H-pyrrole nitrogens is 2. The number of nitrogens with two attached hydrogens (primary N) is 2. The molecule has 7 heterocycles. The van der Waals surface area contributed by atoms with Crippen molar-refractivity contribution in [3.63, 3.8) is 0 Å². The molecule has 3 aliphatic rings. The minimum Gasteiger partial charge on any atom is -0.386 e. The molecule has 0 spiro atoms. The maximum absolute atomic E-state index is 13.1. The average Bonchev–Trinajstić information content (AvgIpc) is 3.72. The van der Waals surface area contributed by atoms with Gasteiger partial charge in [-0.05, 0) is 0 Å². The molecule has 0 bridgehead atoms. The van der Waals surface area contributed by atoms with E-state index < -0.39 is 89.1 Å². The number of nitrogens with zero attached hydrogens (tertiary/aromatic N) is 6. The van der Waals surface area contributed by atoms with Crippen molar-refractivity contribution < 1.29 is 56.7 Å². The van der Waals surface area contributed by atoms with E-state index in [1.165, 1.54) is 0 Å². The van der Waals surface area contributed by atoms with Crippen LogP contribution < -0.4 is 22.6 Å². The number of phosphoric ester groups is 2. The summed E-state index contributed by atoms with van der Waals surface area (Å²) in [4.78, 5) is 65.9. The van der Waals surface area contributed by atoms with Crippen molar-refractivity contribution in [2.24, 2.45) is 0 Å². The number of nitrogen functional groups attached to an aromatic ring is 2. The quantitative estimate of drug-likeness (QED) is 0.0968. The third kappa shape index (κ3) is 5.33. The Morgan fingerprint density at radius 3 is 1.54 bits per heavy atom. The molecule has 4 aromatic heterocycles. The lowest BCUT2D eigenvalue weighted by atomic mass is 10.1. The predicted molar refractivity (Wildman–Crippen MR) is 146 cm³/mol. The van der Waals surface area contributed by atoms with Gasteiger partial charge in [0.15, 0.2) is 34.8 Å². The van der Waals surface area contributed by atoms with Crippen LogP contribution in [0.25, 0.3) is 22.3 Å². The zero-order chi connectivity index (χ0) is 32.7. The number of ether oxygens (including phenoxy) is 2. The fourth-order valence-corrected chi connectivity index (χ4v) is 7.32. The van der Waals surface area contributed by atoms with E-state index in [1.807, 2.05) is 0 Å². The first-order chi connectivity index (χ1) is 21.7. The molecule has 26 heteroatoms. The van der Waals surface area contributed by atoms with E-state index in [9.17, 15) is 38.7 Å². The number of hydrogen-bond donors (Lipinski definition) is 8. The Morgan fingerprint density at radius 1 is 0.761 bits per heavy atom. The van der Waals surface area contributed by atoms with Crippen LogP contribution in [0.1, 0.15) is 12.5 Å². The van der Waals surface area contributed by atoms with Gasteiger partial charge in [-0.1, -0.05) is 0 Å². The number of fused-ring (bicyclic) bond motifs is 4. The van der Waals surface area contributed by atoms with Gasteiger partial charge in [0.1, 0.15) is 36.6 Å². The van der Waals surface area contributed by atoms with Crippen LogP contribution in [0.2, 0.25) is 0 Å². The van der Waals surface area contributed by atoms with Crippen LogP contribution in [0.4, 0.5) is 11.9 Å². The van der Waals surface area contributed by atoms with E-state index in [2.05, 4.69) is 29.9 Å². The smallest absolute Gasteiger partial charge is 0.386 e. The van der Waals surface area contributed by atoms with Gasteiger partial charge in [0.25, 0.3) is 11.1 Å². The van der Waals surface area contributed by atoms with Crippen molar-refractivity contribution in [2.75, 3.05) is 24.7 Å². The lowest BCUT2D eigenvalue weighted by Crippen LogP contribution is -2.39. The first-order valence-corrected chi connectivity index (χ1v) is 16.1. The molecule has 0 radical (unpaired) electrons. The van der Waals surface area contributed by atoms with Crippen LogP contribution in [0.3, 0.4) is 0 Å². The summed E-state index contributed by atoms with van der Waals surface area (Å²) in [5.41, 5.74) is 9.28. The molecule has 24 nitrogen and oxygen atoms in total. The lowest BCUT2D eigenvalue weighted by molar-refractivity contribution is -0.0664. The van der Waals surface area contributed by atoms with Gasteiger partial charge in [-0.2, -0.15) is 9.97 Å². The maximum atomic E-state index is 13.1. The third-order valence-corrected chi connectivity index (χ3v) is 9.35. The molecule has 3 fully saturated rings. The SMILES string of the molecule is Nc1nc2c(ncn2[C@@H]2OC3COP(=O)(O)O[C@H]4[C@@H](O)[C@H](n5cnc6c(=O)[nH]c(N)nc65)O[C@@H]4COP(=O)(O)OC3C2O)c(=O)[nH]1. The number of aliphatic hydroxyl groups is 2. The number of anilines is 2. The number of aliphatic hydroxyl groups excluding tert-OH is 2. The Balaban J connectivity index is 1.18. The van der Waals surface area contributed by atoms with E-state index in [4.69, 9.17) is 39.0 Å². The molecular formula is C20H24N10O14P2. The Kier molecular flexibility index (Phi) is 7.39. The number of nitrogens with one attached hydrogen (secondary N) is 2. The normalized spacial score (nSPS) is 37.1. The number of aromatic amines is 2. The highest BCUT2D eigenvalue weighted by atomic mass is 31.2. The van der Waals surface area contributed by atoms with E-state index in [0.29, 0.717) is 0 Å². The number of aromatic nitrogens is 8. The molecule has 0 saturated carbocycles. The number of phosphoric acid groups is 2. The molecule has 4 aromatic rings. The second kappa shape index (κ2) is 11.0. The van der Waals surface area contributed by atoms with Crippen LogP contribution in [0.5, 0.6) is 0 Å². The minimum atomic E-state index is -5.10. The number of imidazole rings is 2. The molecule has 7 rings (SSSR count). The van der Waals surface area contributed by atoms with Gasteiger partial charge < -0.3 is 40.9 Å². The van der Waals surface area contributed by atoms with Crippen molar-refractivity contribution in [2.45, 2.75) is 49.1 Å². The van der Waals surface area contributed by atoms with Crippen molar-refractivity contribution >= 4 is 49.9 Å². The Bertz CT molecular complexity index is 1900. The lowest BCUT2D eigenvalue weighted by Gasteiger charge is -2.27. The molecule has 0 amide bonds. The number of rotatable bonds is 2. The first-order valence-electron chi connectivity index (χ1n) is 13.1. The molecule has 10 N–H and O–H groups in total. The zero-order valence-electron chi connectivity index (χ0n) is 22.8. The van der Waals surface area contributed by atoms with Gasteiger partial charge in [-0.15, -0.1) is 0 Å². The Morgan fingerprint density at radius 2 is 1.15 bits per heavy atom.